The minimum Gasteiger partial charge on any atom is -0.507 e. The van der Waals surface area contributed by atoms with Crippen LogP contribution >= 0.6 is 0 Å². The van der Waals surface area contributed by atoms with Gasteiger partial charge >= 0.3 is 0 Å². The average Bonchev–Trinajstić information content (AvgIpc) is 2.81. The predicted molar refractivity (Wildman–Crippen MR) is 83.1 cm³/mol. The van der Waals surface area contributed by atoms with Gasteiger partial charge in [0.25, 0.3) is 0 Å². The van der Waals surface area contributed by atoms with Gasteiger partial charge in [-0.1, -0.05) is 49.7 Å². The maximum atomic E-state index is 12.2. The molecule has 1 heterocycles. The quantitative estimate of drug-likeness (QED) is 0.909. The van der Waals surface area contributed by atoms with Crippen molar-refractivity contribution in [3.05, 3.63) is 59.2 Å². The number of aromatic hydroxyl groups is 1. The second-order valence-corrected chi connectivity index (χ2v) is 4.81. The van der Waals surface area contributed by atoms with Crippen molar-refractivity contribution in [2.24, 2.45) is 0 Å². The topological polar surface area (TPSA) is 46.5 Å². The van der Waals surface area contributed by atoms with E-state index in [4.69, 9.17) is 4.74 Å². The van der Waals surface area contributed by atoms with Crippen LogP contribution in [0, 0.1) is 6.92 Å². The van der Waals surface area contributed by atoms with Crippen molar-refractivity contribution in [1.29, 1.82) is 0 Å². The Bertz CT molecular complexity index is 629. The second-order valence-electron chi connectivity index (χ2n) is 4.81. The number of ketones is 1. The predicted octanol–water partition coefficient (Wildman–Crippen LogP) is 3.91. The van der Waals surface area contributed by atoms with Crippen LogP contribution in [0.2, 0.25) is 0 Å². The number of ether oxygens (including phenoxy) is 1. The lowest BCUT2D eigenvalue weighted by Crippen LogP contribution is -2.23. The van der Waals surface area contributed by atoms with Gasteiger partial charge in [0.15, 0.2) is 6.10 Å². The van der Waals surface area contributed by atoms with E-state index in [-0.39, 0.29) is 11.5 Å². The van der Waals surface area contributed by atoms with E-state index in [0.29, 0.717) is 17.7 Å². The van der Waals surface area contributed by atoms with Crippen molar-refractivity contribution < 1.29 is 14.6 Å². The lowest BCUT2D eigenvalue weighted by atomic mass is 10.0. The van der Waals surface area contributed by atoms with Crippen LogP contribution in [0.25, 0.3) is 0 Å². The minimum atomic E-state index is -0.536. The third-order valence-electron chi connectivity index (χ3n) is 3.35. The summed E-state index contributed by atoms with van der Waals surface area (Å²) in [4.78, 5) is 12.2. The number of phenolic OH excluding ortho intramolecular Hbond substituents is 1. The third kappa shape index (κ3) is 3.07. The van der Waals surface area contributed by atoms with Crippen LogP contribution in [0.5, 0.6) is 11.5 Å². The fraction of sp³-hybridized carbons (Fsp3) is 0.278. The summed E-state index contributed by atoms with van der Waals surface area (Å²) < 4.78 is 5.62. The molecule has 3 rings (SSSR count). The molecule has 0 aromatic heterocycles. The lowest BCUT2D eigenvalue weighted by Gasteiger charge is -2.09. The second kappa shape index (κ2) is 6.44. The number of benzene rings is 2. The first-order valence-corrected chi connectivity index (χ1v) is 7.23. The van der Waals surface area contributed by atoms with Crippen molar-refractivity contribution >= 4 is 5.78 Å². The maximum absolute atomic E-state index is 12.2. The molecule has 0 saturated carbocycles. The number of carbonyl (C=O) groups is 1. The largest absolute Gasteiger partial charge is 0.507 e. The summed E-state index contributed by atoms with van der Waals surface area (Å²) >= 11 is 0. The van der Waals surface area contributed by atoms with Crippen molar-refractivity contribution in [2.45, 2.75) is 33.3 Å². The molecule has 0 saturated heterocycles. The normalized spacial score (nSPS) is 15.8. The summed E-state index contributed by atoms with van der Waals surface area (Å²) in [7, 11) is 0. The average molecular weight is 284 g/mol. The van der Waals surface area contributed by atoms with Gasteiger partial charge in [-0.15, -0.1) is 0 Å². The molecule has 1 N–H and O–H groups in total. The van der Waals surface area contributed by atoms with Crippen LogP contribution in [0.3, 0.4) is 0 Å². The van der Waals surface area contributed by atoms with Gasteiger partial charge in [-0.2, -0.15) is 0 Å². The highest BCUT2D eigenvalue weighted by Crippen LogP contribution is 2.35. The summed E-state index contributed by atoms with van der Waals surface area (Å²) in [6.45, 7) is 6.02. The summed E-state index contributed by atoms with van der Waals surface area (Å²) in [5.41, 5.74) is 2.54. The van der Waals surface area contributed by atoms with Gasteiger partial charge in [0.2, 0.25) is 5.78 Å². The van der Waals surface area contributed by atoms with E-state index in [2.05, 4.69) is 0 Å². The van der Waals surface area contributed by atoms with E-state index >= 15 is 0 Å². The van der Waals surface area contributed by atoms with E-state index in [1.54, 1.807) is 12.1 Å². The standard InChI is InChI=1S/C16H14O3.C2H6/c1-10-5-7-11(8-6-10)9-14-16(18)15-12(17)3-2-4-13(15)19-14;1-2/h2-8,14,17H,9H2,1H3;1-2H3. The highest BCUT2D eigenvalue weighted by molar-refractivity contribution is 6.06. The molecule has 2 aromatic rings. The maximum Gasteiger partial charge on any atom is 0.211 e. The molecular weight excluding hydrogens is 264 g/mol. The Kier molecular flexibility index (Phi) is 4.63. The Labute approximate surface area is 125 Å². The van der Waals surface area contributed by atoms with Gasteiger partial charge in [0.05, 0.1) is 0 Å². The number of Topliss-reactive ketones (excluding diaryl/α,β-unsaturated/α-hetero) is 1. The molecule has 110 valence electrons. The fourth-order valence-corrected chi connectivity index (χ4v) is 2.31. The fourth-order valence-electron chi connectivity index (χ4n) is 2.31. The molecule has 1 aliphatic heterocycles. The van der Waals surface area contributed by atoms with E-state index in [1.165, 1.54) is 11.6 Å². The van der Waals surface area contributed by atoms with Crippen LogP contribution in [0.4, 0.5) is 0 Å². The number of aryl methyl sites for hydroxylation is 1. The highest BCUT2D eigenvalue weighted by atomic mass is 16.5. The van der Waals surface area contributed by atoms with Gasteiger partial charge in [0.1, 0.15) is 17.1 Å². The first kappa shape index (κ1) is 15.1. The molecule has 0 bridgehead atoms. The molecule has 2 aromatic carbocycles. The Balaban J connectivity index is 0.000000774. The number of hydrogen-bond donors (Lipinski definition) is 1. The molecule has 1 atom stereocenters. The van der Waals surface area contributed by atoms with Crippen LogP contribution in [-0.2, 0) is 6.42 Å². The van der Waals surface area contributed by atoms with Gasteiger partial charge in [-0.05, 0) is 24.6 Å². The highest BCUT2D eigenvalue weighted by Gasteiger charge is 2.34. The van der Waals surface area contributed by atoms with E-state index in [0.717, 1.165) is 5.56 Å². The molecule has 3 nitrogen and oxygen atoms in total. The minimum absolute atomic E-state index is 0.00564. The Hall–Kier alpha value is -2.29. The van der Waals surface area contributed by atoms with Crippen LogP contribution < -0.4 is 4.74 Å². The first-order valence-electron chi connectivity index (χ1n) is 7.23. The number of rotatable bonds is 2. The third-order valence-corrected chi connectivity index (χ3v) is 3.35. The molecule has 0 fully saturated rings. The van der Waals surface area contributed by atoms with E-state index in [1.807, 2.05) is 45.0 Å². The Morgan fingerprint density at radius 1 is 1.10 bits per heavy atom. The van der Waals surface area contributed by atoms with Crippen LogP contribution in [-0.4, -0.2) is 17.0 Å². The SMILES string of the molecule is CC.Cc1ccc(CC2Oc3cccc(O)c3C2=O)cc1. The summed E-state index contributed by atoms with van der Waals surface area (Å²) in [5, 5.41) is 9.72. The zero-order valence-corrected chi connectivity index (χ0v) is 12.6. The molecule has 0 aliphatic carbocycles. The summed E-state index contributed by atoms with van der Waals surface area (Å²) in [5.74, 6) is 0.324. The molecule has 1 aliphatic rings. The van der Waals surface area contributed by atoms with Gasteiger partial charge in [-0.3, -0.25) is 4.79 Å². The number of carbonyl (C=O) groups excluding carboxylic acids is 1. The molecular formula is C18H20O3. The lowest BCUT2D eigenvalue weighted by molar-refractivity contribution is 0.0856. The van der Waals surface area contributed by atoms with Crippen molar-refractivity contribution in [1.82, 2.24) is 0 Å². The summed E-state index contributed by atoms with van der Waals surface area (Å²) in [6, 6.07) is 12.9. The monoisotopic (exact) mass is 284 g/mol. The smallest absolute Gasteiger partial charge is 0.211 e. The molecule has 0 radical (unpaired) electrons. The van der Waals surface area contributed by atoms with Crippen molar-refractivity contribution in [3.63, 3.8) is 0 Å². The van der Waals surface area contributed by atoms with Crippen molar-refractivity contribution in [2.75, 3.05) is 0 Å². The number of phenols is 1. The molecule has 21 heavy (non-hydrogen) atoms. The summed E-state index contributed by atoms with van der Waals surface area (Å²) in [6.07, 6.45) is -0.0150. The van der Waals surface area contributed by atoms with Gasteiger partial charge in [-0.25, -0.2) is 0 Å². The molecule has 3 heteroatoms. The first-order chi connectivity index (χ1) is 10.1. The molecule has 0 spiro atoms. The van der Waals surface area contributed by atoms with Crippen LogP contribution in [0.15, 0.2) is 42.5 Å². The molecule has 0 amide bonds. The van der Waals surface area contributed by atoms with E-state index < -0.39 is 6.10 Å². The van der Waals surface area contributed by atoms with Crippen LogP contribution in [0.1, 0.15) is 35.3 Å². The number of hydrogen-bond acceptors (Lipinski definition) is 3. The zero-order valence-electron chi connectivity index (χ0n) is 12.6. The Morgan fingerprint density at radius 3 is 2.38 bits per heavy atom. The van der Waals surface area contributed by atoms with Gasteiger partial charge in [0, 0.05) is 6.42 Å². The number of fused-ring (bicyclic) bond motifs is 1. The van der Waals surface area contributed by atoms with Crippen molar-refractivity contribution in [3.8, 4) is 11.5 Å². The van der Waals surface area contributed by atoms with E-state index in [9.17, 15) is 9.90 Å². The molecule has 1 unspecified atom stereocenters. The Morgan fingerprint density at radius 2 is 1.76 bits per heavy atom. The zero-order chi connectivity index (χ0) is 15.4. The van der Waals surface area contributed by atoms with Gasteiger partial charge < -0.3 is 9.84 Å².